The number of rotatable bonds is 6. The number of carbonyl (C=O) groups is 1. The van der Waals surface area contributed by atoms with Gasteiger partial charge in [-0.15, -0.1) is 0 Å². The monoisotopic (exact) mass is 415 g/mol. The van der Waals surface area contributed by atoms with Gasteiger partial charge in [0, 0.05) is 23.6 Å². The molecule has 1 heterocycles. The number of nitrogens with one attached hydrogen (secondary N) is 1. The van der Waals surface area contributed by atoms with E-state index < -0.39 is 0 Å². The third kappa shape index (κ3) is 6.05. The molecule has 158 valence electrons. The van der Waals surface area contributed by atoms with Gasteiger partial charge in [0.25, 0.3) is 0 Å². The van der Waals surface area contributed by atoms with Gasteiger partial charge >= 0.3 is 0 Å². The smallest absolute Gasteiger partial charge is 0.249 e. The van der Waals surface area contributed by atoms with Crippen LogP contribution in [0.5, 0.6) is 11.5 Å². The van der Waals surface area contributed by atoms with E-state index in [-0.39, 0.29) is 11.8 Å². The van der Waals surface area contributed by atoms with Crippen LogP contribution in [0.1, 0.15) is 69.8 Å². The Morgan fingerprint density at radius 2 is 1.76 bits per heavy atom. The lowest BCUT2D eigenvalue weighted by molar-refractivity contribution is -0.115. The lowest BCUT2D eigenvalue weighted by atomic mass is 9.84. The number of ether oxygens (including phenoxy) is 2. The Morgan fingerprint density at radius 3 is 2.45 bits per heavy atom. The van der Waals surface area contributed by atoms with Crippen LogP contribution in [0.4, 0.5) is 0 Å². The minimum Gasteiger partial charge on any atom is -0.497 e. The molecule has 1 aromatic carbocycles. The predicted octanol–water partition coefficient (Wildman–Crippen LogP) is 5.69. The highest BCUT2D eigenvalue weighted by Gasteiger charge is 2.25. The summed E-state index contributed by atoms with van der Waals surface area (Å²) >= 11 is 5.59. The van der Waals surface area contributed by atoms with Crippen molar-refractivity contribution in [1.82, 2.24) is 5.32 Å². The van der Waals surface area contributed by atoms with E-state index in [0.29, 0.717) is 4.99 Å². The number of methoxy groups -OCH3 is 2. The molecule has 5 heteroatoms. The van der Waals surface area contributed by atoms with Gasteiger partial charge < -0.3 is 14.8 Å². The van der Waals surface area contributed by atoms with E-state index in [2.05, 4.69) is 5.32 Å². The molecule has 1 N–H and O–H groups in total. The number of hydrogen-bond donors (Lipinski definition) is 1. The van der Waals surface area contributed by atoms with E-state index in [4.69, 9.17) is 21.7 Å². The normalized spacial score (nSPS) is 21.4. The van der Waals surface area contributed by atoms with Gasteiger partial charge in [0.15, 0.2) is 0 Å². The van der Waals surface area contributed by atoms with Crippen LogP contribution in [0, 0.1) is 11.8 Å². The molecular weight excluding hydrogens is 382 g/mol. The maximum Gasteiger partial charge on any atom is 0.249 e. The molecule has 2 aliphatic rings. The zero-order valence-corrected chi connectivity index (χ0v) is 18.5. The largest absolute Gasteiger partial charge is 0.497 e. The van der Waals surface area contributed by atoms with Gasteiger partial charge in [-0.2, -0.15) is 0 Å². The summed E-state index contributed by atoms with van der Waals surface area (Å²) in [6.45, 7) is 0. The fraction of sp³-hybridized carbons (Fsp3) is 0.583. The molecule has 1 unspecified atom stereocenters. The highest BCUT2D eigenvalue weighted by molar-refractivity contribution is 7.80. The van der Waals surface area contributed by atoms with E-state index in [9.17, 15) is 4.79 Å². The lowest BCUT2D eigenvalue weighted by Crippen LogP contribution is -2.31. The predicted molar refractivity (Wildman–Crippen MR) is 121 cm³/mol. The number of thiocarbonyl (C=S) groups is 1. The van der Waals surface area contributed by atoms with Gasteiger partial charge in [0.05, 0.1) is 19.2 Å². The number of allylic oxidation sites excluding steroid dienone is 1. The second-order valence-electron chi connectivity index (χ2n) is 8.28. The van der Waals surface area contributed by atoms with E-state index in [0.717, 1.165) is 41.4 Å². The van der Waals surface area contributed by atoms with Crippen molar-refractivity contribution in [2.24, 2.45) is 11.8 Å². The van der Waals surface area contributed by atoms with Crippen molar-refractivity contribution in [3.8, 4) is 11.5 Å². The molecule has 29 heavy (non-hydrogen) atoms. The van der Waals surface area contributed by atoms with Crippen LogP contribution in [0.15, 0.2) is 24.3 Å². The highest BCUT2D eigenvalue weighted by atomic mass is 32.1. The third-order valence-electron chi connectivity index (χ3n) is 6.29. The zero-order valence-electron chi connectivity index (χ0n) is 17.7. The van der Waals surface area contributed by atoms with Crippen molar-refractivity contribution >= 4 is 28.7 Å². The summed E-state index contributed by atoms with van der Waals surface area (Å²) in [7, 11) is 3.28. The van der Waals surface area contributed by atoms with Crippen LogP contribution in [-0.4, -0.2) is 25.1 Å². The second kappa shape index (κ2) is 10.8. The van der Waals surface area contributed by atoms with Gasteiger partial charge in [0.1, 0.15) is 11.5 Å². The Labute approximate surface area is 180 Å². The molecule has 1 amide bonds. The summed E-state index contributed by atoms with van der Waals surface area (Å²) in [6.07, 6.45) is 14.2. The molecule has 1 saturated carbocycles. The first-order valence-corrected chi connectivity index (χ1v) is 11.3. The molecule has 1 aliphatic heterocycles. The van der Waals surface area contributed by atoms with Gasteiger partial charge in [-0.25, -0.2) is 0 Å². The van der Waals surface area contributed by atoms with Gasteiger partial charge in [-0.3, -0.25) is 4.79 Å². The van der Waals surface area contributed by atoms with Crippen LogP contribution in [-0.2, 0) is 4.79 Å². The summed E-state index contributed by atoms with van der Waals surface area (Å²) in [5, 5.41) is 2.91. The maximum atomic E-state index is 12.4. The van der Waals surface area contributed by atoms with E-state index in [1.165, 1.54) is 51.4 Å². The topological polar surface area (TPSA) is 47.6 Å². The van der Waals surface area contributed by atoms with Crippen molar-refractivity contribution < 1.29 is 14.3 Å². The molecule has 1 fully saturated rings. The van der Waals surface area contributed by atoms with Crippen molar-refractivity contribution in [3.63, 3.8) is 0 Å². The fourth-order valence-electron chi connectivity index (χ4n) is 4.59. The highest BCUT2D eigenvalue weighted by Crippen LogP contribution is 2.36. The molecule has 1 atom stereocenters. The van der Waals surface area contributed by atoms with Crippen molar-refractivity contribution in [1.29, 1.82) is 0 Å². The van der Waals surface area contributed by atoms with Crippen LogP contribution in [0.3, 0.4) is 0 Å². The molecule has 0 spiro atoms. The molecule has 1 aliphatic carbocycles. The zero-order chi connectivity index (χ0) is 20.6. The SMILES string of the molecule is COc1ccc(C2=CC(=O)NC(=S)C(CCC3CCCCCCC3)C2)c(OC)c1. The molecule has 0 aromatic heterocycles. The van der Waals surface area contributed by atoms with Crippen LogP contribution < -0.4 is 14.8 Å². The van der Waals surface area contributed by atoms with Gasteiger partial charge in [-0.1, -0.05) is 57.2 Å². The summed E-state index contributed by atoms with van der Waals surface area (Å²) in [4.78, 5) is 13.1. The quantitative estimate of drug-likeness (QED) is 0.606. The Morgan fingerprint density at radius 1 is 1.03 bits per heavy atom. The molecule has 3 rings (SSSR count). The molecule has 4 nitrogen and oxygen atoms in total. The molecular formula is C24H33NO3S. The minimum absolute atomic E-state index is 0.142. The lowest BCUT2D eigenvalue weighted by Gasteiger charge is -2.23. The van der Waals surface area contributed by atoms with Gasteiger partial charge in [0.2, 0.25) is 5.91 Å². The van der Waals surface area contributed by atoms with Crippen molar-refractivity contribution in [2.45, 2.75) is 64.2 Å². The standard InChI is InChI=1S/C24H33NO3S/c1-27-20-12-13-21(22(16-20)28-2)19-14-18(24(29)25-23(26)15-19)11-10-17-8-6-4-3-5-7-9-17/h12-13,15-18H,3-11,14H2,1-2H3,(H,25,26,29). The number of carbonyl (C=O) groups excluding carboxylic acids is 1. The first kappa shape index (κ1) is 21.8. The average molecular weight is 416 g/mol. The van der Waals surface area contributed by atoms with E-state index in [1.807, 2.05) is 18.2 Å². The maximum absolute atomic E-state index is 12.4. The Hall–Kier alpha value is -1.88. The molecule has 0 saturated heterocycles. The fourth-order valence-corrected chi connectivity index (χ4v) is 4.89. The third-order valence-corrected chi connectivity index (χ3v) is 6.73. The number of amides is 1. The van der Waals surface area contributed by atoms with Crippen molar-refractivity contribution in [3.05, 3.63) is 29.8 Å². The Bertz CT molecular complexity index is 750. The van der Waals surface area contributed by atoms with E-state index in [1.54, 1.807) is 20.3 Å². The molecule has 0 radical (unpaired) electrons. The second-order valence-corrected chi connectivity index (χ2v) is 8.72. The van der Waals surface area contributed by atoms with Gasteiger partial charge in [-0.05, 0) is 42.9 Å². The van der Waals surface area contributed by atoms with E-state index >= 15 is 0 Å². The Balaban J connectivity index is 1.74. The Kier molecular flexibility index (Phi) is 8.10. The summed E-state index contributed by atoms with van der Waals surface area (Å²) < 4.78 is 10.9. The molecule has 1 aromatic rings. The van der Waals surface area contributed by atoms with Crippen LogP contribution in [0.25, 0.3) is 5.57 Å². The van der Waals surface area contributed by atoms with Crippen LogP contribution in [0.2, 0.25) is 0 Å². The first-order valence-electron chi connectivity index (χ1n) is 10.9. The summed E-state index contributed by atoms with van der Waals surface area (Å²) in [6, 6.07) is 5.74. The van der Waals surface area contributed by atoms with Crippen LogP contribution >= 0.6 is 12.2 Å². The average Bonchev–Trinajstić information content (AvgIpc) is 2.84. The first-order chi connectivity index (χ1) is 14.1. The number of hydrogen-bond acceptors (Lipinski definition) is 4. The molecule has 0 bridgehead atoms. The minimum atomic E-state index is -0.142. The summed E-state index contributed by atoms with van der Waals surface area (Å²) in [5.74, 6) is 2.28. The van der Waals surface area contributed by atoms with Crippen molar-refractivity contribution in [2.75, 3.05) is 14.2 Å². The number of benzene rings is 1. The summed E-state index contributed by atoms with van der Waals surface area (Å²) in [5.41, 5.74) is 1.91.